The second kappa shape index (κ2) is 4.34. The van der Waals surface area contributed by atoms with Crippen LogP contribution in [0.3, 0.4) is 0 Å². The third kappa shape index (κ3) is 2.18. The van der Waals surface area contributed by atoms with E-state index >= 15 is 0 Å². The Morgan fingerprint density at radius 3 is 3.07 bits per heavy atom. The lowest BCUT2D eigenvalue weighted by Crippen LogP contribution is -2.01. The zero-order valence-electron chi connectivity index (χ0n) is 7.76. The van der Waals surface area contributed by atoms with Crippen LogP contribution in [0.5, 0.6) is 0 Å². The Kier molecular flexibility index (Phi) is 2.90. The summed E-state index contributed by atoms with van der Waals surface area (Å²) in [6.07, 6.45) is 2.89. The van der Waals surface area contributed by atoms with E-state index in [0.29, 0.717) is 6.54 Å². The second-order valence-corrected chi connectivity index (χ2v) is 3.84. The van der Waals surface area contributed by atoms with E-state index in [2.05, 4.69) is 27.1 Å². The largest absolute Gasteiger partial charge is 0.325 e. The van der Waals surface area contributed by atoms with Crippen LogP contribution in [-0.2, 0) is 19.5 Å². The van der Waals surface area contributed by atoms with Gasteiger partial charge in [-0.25, -0.2) is 0 Å². The normalized spacial score (nSPS) is 10.6. The first kappa shape index (κ1) is 9.36. The zero-order valence-corrected chi connectivity index (χ0v) is 8.57. The van der Waals surface area contributed by atoms with Gasteiger partial charge in [0.2, 0.25) is 0 Å². The molecule has 0 fully saturated rings. The molecule has 2 heterocycles. The third-order valence-electron chi connectivity index (χ3n) is 2.00. The number of hydrogen-bond acceptors (Lipinski definition) is 4. The van der Waals surface area contributed by atoms with Gasteiger partial charge in [-0.1, -0.05) is 5.21 Å². The van der Waals surface area contributed by atoms with Crippen molar-refractivity contribution in [3.8, 4) is 0 Å². The lowest BCUT2D eigenvalue weighted by atomic mass is 10.2. The SMILES string of the molecule is NCc1cn(CCc2ccsc2)nn1. The van der Waals surface area contributed by atoms with E-state index in [-0.39, 0.29) is 0 Å². The molecule has 74 valence electrons. The average Bonchev–Trinajstić information content (AvgIpc) is 2.86. The summed E-state index contributed by atoms with van der Waals surface area (Å²) in [4.78, 5) is 0. The van der Waals surface area contributed by atoms with Gasteiger partial charge < -0.3 is 5.73 Å². The van der Waals surface area contributed by atoms with Crippen molar-refractivity contribution in [2.45, 2.75) is 19.5 Å². The van der Waals surface area contributed by atoms with Crippen LogP contribution < -0.4 is 5.73 Å². The molecule has 0 aromatic carbocycles. The maximum Gasteiger partial charge on any atom is 0.0962 e. The van der Waals surface area contributed by atoms with Crippen molar-refractivity contribution in [3.63, 3.8) is 0 Å². The Morgan fingerprint density at radius 1 is 1.50 bits per heavy atom. The van der Waals surface area contributed by atoms with Gasteiger partial charge in [0, 0.05) is 19.3 Å². The Morgan fingerprint density at radius 2 is 2.43 bits per heavy atom. The molecule has 0 spiro atoms. The predicted molar refractivity (Wildman–Crippen MR) is 55.9 cm³/mol. The molecule has 0 aliphatic carbocycles. The van der Waals surface area contributed by atoms with E-state index in [1.54, 1.807) is 11.3 Å². The second-order valence-electron chi connectivity index (χ2n) is 3.06. The van der Waals surface area contributed by atoms with E-state index in [0.717, 1.165) is 18.7 Å². The summed E-state index contributed by atoms with van der Waals surface area (Å²) in [6.45, 7) is 1.32. The van der Waals surface area contributed by atoms with E-state index < -0.39 is 0 Å². The lowest BCUT2D eigenvalue weighted by molar-refractivity contribution is 0.589. The minimum Gasteiger partial charge on any atom is -0.325 e. The van der Waals surface area contributed by atoms with Gasteiger partial charge >= 0.3 is 0 Å². The number of rotatable bonds is 4. The molecule has 0 atom stereocenters. The maximum atomic E-state index is 5.44. The molecule has 0 unspecified atom stereocenters. The predicted octanol–water partition coefficient (Wildman–Crippen LogP) is 1.04. The first-order valence-corrected chi connectivity index (χ1v) is 5.43. The van der Waals surface area contributed by atoms with Gasteiger partial charge in [0.05, 0.1) is 5.69 Å². The monoisotopic (exact) mass is 208 g/mol. The summed E-state index contributed by atoms with van der Waals surface area (Å²) in [7, 11) is 0. The number of aromatic nitrogens is 3. The average molecular weight is 208 g/mol. The van der Waals surface area contributed by atoms with Crippen molar-refractivity contribution in [1.82, 2.24) is 15.0 Å². The van der Waals surface area contributed by atoms with Crippen molar-refractivity contribution in [3.05, 3.63) is 34.3 Å². The highest BCUT2D eigenvalue weighted by Crippen LogP contribution is 2.07. The molecule has 0 radical (unpaired) electrons. The fourth-order valence-corrected chi connectivity index (χ4v) is 1.92. The summed E-state index contributed by atoms with van der Waals surface area (Å²) in [5.41, 5.74) is 7.63. The molecule has 0 amide bonds. The highest BCUT2D eigenvalue weighted by molar-refractivity contribution is 7.07. The van der Waals surface area contributed by atoms with E-state index in [1.807, 2.05) is 10.9 Å². The minimum absolute atomic E-state index is 0.457. The topological polar surface area (TPSA) is 56.7 Å². The fraction of sp³-hybridized carbons (Fsp3) is 0.333. The molecule has 0 aliphatic heterocycles. The fourth-order valence-electron chi connectivity index (χ4n) is 1.22. The van der Waals surface area contributed by atoms with Crippen molar-refractivity contribution in [2.24, 2.45) is 5.73 Å². The summed E-state index contributed by atoms with van der Waals surface area (Å²) in [5.74, 6) is 0. The molecule has 2 N–H and O–H groups in total. The number of nitrogens with zero attached hydrogens (tertiary/aromatic N) is 3. The quantitative estimate of drug-likeness (QED) is 0.816. The van der Waals surface area contributed by atoms with Crippen molar-refractivity contribution < 1.29 is 0 Å². The zero-order chi connectivity index (χ0) is 9.80. The van der Waals surface area contributed by atoms with Gasteiger partial charge in [-0.15, -0.1) is 5.10 Å². The first-order chi connectivity index (χ1) is 6.88. The number of hydrogen-bond donors (Lipinski definition) is 1. The maximum absolute atomic E-state index is 5.44. The molecule has 5 heteroatoms. The molecular weight excluding hydrogens is 196 g/mol. The van der Waals surface area contributed by atoms with Crippen LogP contribution in [0.25, 0.3) is 0 Å². The van der Waals surface area contributed by atoms with Gasteiger partial charge in [-0.3, -0.25) is 4.68 Å². The van der Waals surface area contributed by atoms with Crippen LogP contribution in [0.2, 0.25) is 0 Å². The Labute approximate surface area is 86.4 Å². The summed E-state index contributed by atoms with van der Waals surface area (Å²) >= 11 is 1.72. The Bertz CT molecular complexity index is 379. The molecule has 4 nitrogen and oxygen atoms in total. The van der Waals surface area contributed by atoms with Gasteiger partial charge in [0.1, 0.15) is 0 Å². The molecule has 0 saturated carbocycles. The molecule has 0 aliphatic rings. The van der Waals surface area contributed by atoms with E-state index in [9.17, 15) is 0 Å². The lowest BCUT2D eigenvalue weighted by Gasteiger charge is -1.97. The highest BCUT2D eigenvalue weighted by Gasteiger charge is 1.99. The van der Waals surface area contributed by atoms with Gasteiger partial charge in [-0.05, 0) is 28.8 Å². The summed E-state index contributed by atoms with van der Waals surface area (Å²) in [5, 5.41) is 12.1. The first-order valence-electron chi connectivity index (χ1n) is 4.48. The van der Waals surface area contributed by atoms with Crippen LogP contribution in [0.4, 0.5) is 0 Å². The standard InChI is InChI=1S/C9H12N4S/c10-5-9-6-13(12-11-9)3-1-8-2-4-14-7-8/h2,4,6-7H,1,3,5,10H2. The van der Waals surface area contributed by atoms with Crippen LogP contribution in [-0.4, -0.2) is 15.0 Å². The molecule has 2 rings (SSSR count). The third-order valence-corrected chi connectivity index (χ3v) is 2.74. The van der Waals surface area contributed by atoms with E-state index in [4.69, 9.17) is 5.73 Å². The van der Waals surface area contributed by atoms with Crippen LogP contribution in [0, 0.1) is 0 Å². The molecule has 0 saturated heterocycles. The summed E-state index contributed by atoms with van der Waals surface area (Å²) in [6, 6.07) is 2.13. The smallest absolute Gasteiger partial charge is 0.0962 e. The van der Waals surface area contributed by atoms with Crippen LogP contribution >= 0.6 is 11.3 Å². The van der Waals surface area contributed by atoms with Crippen LogP contribution in [0.15, 0.2) is 23.0 Å². The van der Waals surface area contributed by atoms with Crippen molar-refractivity contribution >= 4 is 11.3 Å². The van der Waals surface area contributed by atoms with Crippen molar-refractivity contribution in [2.75, 3.05) is 0 Å². The number of aryl methyl sites for hydroxylation is 2. The summed E-state index contributed by atoms with van der Waals surface area (Å²) < 4.78 is 1.83. The number of thiophene rings is 1. The van der Waals surface area contributed by atoms with E-state index in [1.165, 1.54) is 5.56 Å². The van der Waals surface area contributed by atoms with Gasteiger partial charge in [0.15, 0.2) is 0 Å². The van der Waals surface area contributed by atoms with Crippen LogP contribution in [0.1, 0.15) is 11.3 Å². The molecule has 14 heavy (non-hydrogen) atoms. The Balaban J connectivity index is 1.92. The molecule has 0 bridgehead atoms. The number of nitrogens with two attached hydrogens (primary N) is 1. The van der Waals surface area contributed by atoms with Crippen molar-refractivity contribution in [1.29, 1.82) is 0 Å². The molecule has 2 aromatic heterocycles. The molecule has 2 aromatic rings. The minimum atomic E-state index is 0.457. The Hall–Kier alpha value is -1.20. The van der Waals surface area contributed by atoms with Gasteiger partial charge in [-0.2, -0.15) is 11.3 Å². The highest BCUT2D eigenvalue weighted by atomic mass is 32.1. The molecular formula is C9H12N4S. The van der Waals surface area contributed by atoms with Gasteiger partial charge in [0.25, 0.3) is 0 Å².